The molecule has 0 aromatic carbocycles. The highest BCUT2D eigenvalue weighted by molar-refractivity contribution is 7.71. The van der Waals surface area contributed by atoms with Crippen LogP contribution < -0.4 is 5.56 Å². The Balaban J connectivity index is 2.27. The average Bonchev–Trinajstić information content (AvgIpc) is 2.83. The van der Waals surface area contributed by atoms with Gasteiger partial charge in [-0.05, 0) is 55.8 Å². The second-order valence-corrected chi connectivity index (χ2v) is 8.00. The van der Waals surface area contributed by atoms with Crippen LogP contribution in [0, 0.1) is 10.7 Å². The number of aromatic amines is 1. The number of aliphatic carboxylic acids is 1. The number of aromatic nitrogens is 2. The van der Waals surface area contributed by atoms with Gasteiger partial charge in [-0.3, -0.25) is 9.36 Å². The Morgan fingerprint density at radius 1 is 1.39 bits per heavy atom. The van der Waals surface area contributed by atoms with Crippen molar-refractivity contribution >= 4 is 39.7 Å². The highest BCUT2D eigenvalue weighted by Gasteiger charge is 2.27. The molecule has 7 heteroatoms. The summed E-state index contributed by atoms with van der Waals surface area (Å²) >= 11 is 6.89. The van der Waals surface area contributed by atoms with Crippen LogP contribution in [0.15, 0.2) is 4.79 Å². The van der Waals surface area contributed by atoms with Gasteiger partial charge in [0.25, 0.3) is 5.56 Å². The third-order valence-electron chi connectivity index (χ3n) is 4.33. The van der Waals surface area contributed by atoms with Gasteiger partial charge in [-0.1, -0.05) is 13.8 Å². The molecule has 5 nitrogen and oxygen atoms in total. The second-order valence-electron chi connectivity index (χ2n) is 6.50. The minimum Gasteiger partial charge on any atom is -0.480 e. The molecule has 0 aliphatic heterocycles. The van der Waals surface area contributed by atoms with E-state index < -0.39 is 12.0 Å². The summed E-state index contributed by atoms with van der Waals surface area (Å²) in [5.41, 5.74) is 0.839. The lowest BCUT2D eigenvalue weighted by molar-refractivity contribution is -0.141. The number of nitrogens with zero attached hydrogens (tertiary/aromatic N) is 1. The van der Waals surface area contributed by atoms with Crippen molar-refractivity contribution < 1.29 is 9.90 Å². The van der Waals surface area contributed by atoms with E-state index >= 15 is 0 Å². The number of nitrogens with one attached hydrogen (secondary N) is 1. The molecule has 0 saturated heterocycles. The largest absolute Gasteiger partial charge is 0.480 e. The number of H-pyrrole nitrogens is 1. The molecule has 0 unspecified atom stereocenters. The molecule has 0 fully saturated rings. The molecule has 2 aromatic rings. The smallest absolute Gasteiger partial charge is 0.326 e. The number of carboxylic acid groups (broad SMARTS) is 1. The van der Waals surface area contributed by atoms with Crippen molar-refractivity contribution in [1.29, 1.82) is 0 Å². The Labute approximate surface area is 143 Å². The molecular formula is C16H20N2O3S2. The zero-order valence-corrected chi connectivity index (χ0v) is 14.9. The molecule has 0 spiro atoms. The summed E-state index contributed by atoms with van der Waals surface area (Å²) in [6.45, 7) is 3.89. The minimum absolute atomic E-state index is 0.157. The molecule has 3 rings (SSSR count). The van der Waals surface area contributed by atoms with E-state index in [0.717, 1.165) is 36.1 Å². The van der Waals surface area contributed by atoms with Gasteiger partial charge in [-0.2, -0.15) is 0 Å². The highest BCUT2D eigenvalue weighted by atomic mass is 32.1. The summed E-state index contributed by atoms with van der Waals surface area (Å²) in [5, 5.41) is 10.2. The molecule has 2 aromatic heterocycles. The predicted octanol–water partition coefficient (Wildman–Crippen LogP) is 3.67. The number of aryl methyl sites for hydroxylation is 2. The molecule has 2 heterocycles. The van der Waals surface area contributed by atoms with Gasteiger partial charge in [0.1, 0.15) is 10.9 Å². The van der Waals surface area contributed by atoms with Crippen molar-refractivity contribution in [3.05, 3.63) is 25.6 Å². The predicted molar refractivity (Wildman–Crippen MR) is 94.0 cm³/mol. The quantitative estimate of drug-likeness (QED) is 0.823. The molecule has 0 amide bonds. The van der Waals surface area contributed by atoms with Crippen molar-refractivity contribution in [3.63, 3.8) is 0 Å². The first-order chi connectivity index (χ1) is 10.9. The Morgan fingerprint density at radius 3 is 2.74 bits per heavy atom. The summed E-state index contributed by atoms with van der Waals surface area (Å²) in [7, 11) is 0. The van der Waals surface area contributed by atoms with Crippen LogP contribution >= 0.6 is 23.6 Å². The Kier molecular flexibility index (Phi) is 4.42. The van der Waals surface area contributed by atoms with Gasteiger partial charge in [0.05, 0.1) is 5.39 Å². The lowest BCUT2D eigenvalue weighted by Gasteiger charge is -2.18. The molecule has 0 saturated carbocycles. The van der Waals surface area contributed by atoms with Gasteiger partial charge in [-0.25, -0.2) is 4.79 Å². The summed E-state index contributed by atoms with van der Waals surface area (Å²) in [6.07, 6.45) is 4.47. The van der Waals surface area contributed by atoms with E-state index in [1.54, 1.807) is 11.3 Å². The van der Waals surface area contributed by atoms with E-state index in [4.69, 9.17) is 12.2 Å². The van der Waals surface area contributed by atoms with Gasteiger partial charge in [0, 0.05) is 4.88 Å². The fraction of sp³-hybridized carbons (Fsp3) is 0.562. The Bertz CT molecular complexity index is 876. The zero-order valence-electron chi connectivity index (χ0n) is 13.2. The summed E-state index contributed by atoms with van der Waals surface area (Å²) in [4.78, 5) is 29.8. The van der Waals surface area contributed by atoms with Crippen LogP contribution in [0.4, 0.5) is 0 Å². The van der Waals surface area contributed by atoms with E-state index in [-0.39, 0.29) is 16.2 Å². The first-order valence-electron chi connectivity index (χ1n) is 7.92. The number of carbonyl (C=O) groups is 1. The summed E-state index contributed by atoms with van der Waals surface area (Å²) in [5.74, 6) is -0.853. The molecular weight excluding hydrogens is 332 g/mol. The number of hydrogen-bond donors (Lipinski definition) is 2. The first-order valence-corrected chi connectivity index (χ1v) is 9.14. The van der Waals surface area contributed by atoms with Crippen molar-refractivity contribution in [2.45, 2.75) is 52.0 Å². The maximum atomic E-state index is 13.0. The average molecular weight is 352 g/mol. The third kappa shape index (κ3) is 2.87. The van der Waals surface area contributed by atoms with Crippen LogP contribution in [-0.2, 0) is 17.6 Å². The van der Waals surface area contributed by atoms with Crippen molar-refractivity contribution in [3.8, 4) is 0 Å². The van der Waals surface area contributed by atoms with Gasteiger partial charge in [0.2, 0.25) is 0 Å². The molecule has 124 valence electrons. The topological polar surface area (TPSA) is 75.1 Å². The van der Waals surface area contributed by atoms with Crippen LogP contribution in [-0.4, -0.2) is 20.6 Å². The molecule has 23 heavy (non-hydrogen) atoms. The minimum atomic E-state index is -1.01. The van der Waals surface area contributed by atoms with E-state index in [1.807, 2.05) is 13.8 Å². The summed E-state index contributed by atoms with van der Waals surface area (Å²) in [6, 6.07) is -0.921. The maximum Gasteiger partial charge on any atom is 0.326 e. The van der Waals surface area contributed by atoms with Crippen molar-refractivity contribution in [1.82, 2.24) is 9.55 Å². The van der Waals surface area contributed by atoms with E-state index in [0.29, 0.717) is 11.8 Å². The fourth-order valence-electron chi connectivity index (χ4n) is 3.30. The summed E-state index contributed by atoms with van der Waals surface area (Å²) < 4.78 is 1.47. The van der Waals surface area contributed by atoms with E-state index in [1.165, 1.54) is 9.44 Å². The maximum absolute atomic E-state index is 13.0. The number of hydrogen-bond acceptors (Lipinski definition) is 4. The number of thiophene rings is 1. The van der Waals surface area contributed by atoms with Gasteiger partial charge < -0.3 is 10.1 Å². The van der Waals surface area contributed by atoms with Gasteiger partial charge >= 0.3 is 5.97 Å². The van der Waals surface area contributed by atoms with Crippen molar-refractivity contribution in [2.24, 2.45) is 5.92 Å². The normalized spacial score (nSPS) is 15.8. The number of carboxylic acids is 1. The Hall–Kier alpha value is -1.47. The molecule has 1 aliphatic carbocycles. The standard InChI is InChI=1S/C16H20N2O3S2/c1-8(2)7-10(15(20)21)18-14(19)12-9-5-3-4-6-11(9)23-13(12)17-16(18)22/h8,10H,3-7H2,1-2H3,(H,17,22)(H,20,21)/t10-/m0/s1. The van der Waals surface area contributed by atoms with E-state index in [2.05, 4.69) is 4.98 Å². The SMILES string of the molecule is CC(C)C[C@@H](C(=O)O)n1c(=S)[nH]c2sc3c(c2c1=O)CCCC3. The fourth-order valence-corrected chi connectivity index (χ4v) is 4.95. The van der Waals surface area contributed by atoms with Crippen molar-refractivity contribution in [2.75, 3.05) is 0 Å². The van der Waals surface area contributed by atoms with Crippen LogP contribution in [0.1, 0.15) is 49.6 Å². The molecule has 0 radical (unpaired) electrons. The van der Waals surface area contributed by atoms with E-state index in [9.17, 15) is 14.7 Å². The number of fused-ring (bicyclic) bond motifs is 3. The lowest BCUT2D eigenvalue weighted by atomic mass is 9.97. The third-order valence-corrected chi connectivity index (χ3v) is 5.84. The van der Waals surface area contributed by atoms with Crippen LogP contribution in [0.3, 0.4) is 0 Å². The van der Waals surface area contributed by atoms with Gasteiger partial charge in [0.15, 0.2) is 4.77 Å². The molecule has 0 bridgehead atoms. The van der Waals surface area contributed by atoms with Crippen LogP contribution in [0.5, 0.6) is 0 Å². The van der Waals surface area contributed by atoms with Crippen LogP contribution in [0.25, 0.3) is 10.2 Å². The van der Waals surface area contributed by atoms with Crippen LogP contribution in [0.2, 0.25) is 0 Å². The monoisotopic (exact) mass is 352 g/mol. The second kappa shape index (κ2) is 6.20. The lowest BCUT2D eigenvalue weighted by Crippen LogP contribution is -2.32. The molecule has 1 aliphatic rings. The number of rotatable bonds is 4. The van der Waals surface area contributed by atoms with Gasteiger partial charge in [-0.15, -0.1) is 11.3 Å². The molecule has 1 atom stereocenters. The first kappa shape index (κ1) is 16.4. The highest BCUT2D eigenvalue weighted by Crippen LogP contribution is 2.34. The Morgan fingerprint density at radius 2 is 2.09 bits per heavy atom. The molecule has 2 N–H and O–H groups in total. The zero-order chi connectivity index (χ0) is 16.7.